The van der Waals surface area contributed by atoms with Crippen molar-refractivity contribution in [2.45, 2.75) is 13.3 Å². The van der Waals surface area contributed by atoms with E-state index in [-0.39, 0.29) is 18.1 Å². The van der Waals surface area contributed by atoms with Crippen molar-refractivity contribution in [2.75, 3.05) is 19.7 Å². The number of rotatable bonds is 4. The zero-order valence-corrected chi connectivity index (χ0v) is 10.7. The molecular formula is C13H16N2O4. The Bertz CT molecular complexity index is 489. The fourth-order valence-corrected chi connectivity index (χ4v) is 2.12. The van der Waals surface area contributed by atoms with Crippen LogP contribution in [-0.4, -0.2) is 46.6 Å². The van der Waals surface area contributed by atoms with Gasteiger partial charge in [-0.2, -0.15) is 0 Å². The molecule has 0 bridgehead atoms. The summed E-state index contributed by atoms with van der Waals surface area (Å²) in [7, 11) is 0. The van der Waals surface area contributed by atoms with Crippen molar-refractivity contribution in [2.24, 2.45) is 5.92 Å². The second-order valence-corrected chi connectivity index (χ2v) is 4.36. The lowest BCUT2D eigenvalue weighted by Gasteiger charge is -2.17. The Labute approximate surface area is 111 Å². The van der Waals surface area contributed by atoms with Gasteiger partial charge in [0.05, 0.1) is 12.5 Å². The quantitative estimate of drug-likeness (QED) is 0.878. The van der Waals surface area contributed by atoms with Crippen LogP contribution in [0.15, 0.2) is 18.3 Å². The van der Waals surface area contributed by atoms with E-state index in [1.807, 2.05) is 6.92 Å². The Morgan fingerprint density at radius 2 is 2.37 bits per heavy atom. The van der Waals surface area contributed by atoms with Gasteiger partial charge < -0.3 is 14.7 Å². The van der Waals surface area contributed by atoms with Crippen molar-refractivity contribution >= 4 is 11.9 Å². The maximum absolute atomic E-state index is 12.3. The average Bonchev–Trinajstić information content (AvgIpc) is 2.89. The van der Waals surface area contributed by atoms with E-state index in [0.29, 0.717) is 25.3 Å². The van der Waals surface area contributed by atoms with Gasteiger partial charge in [-0.1, -0.05) is 0 Å². The zero-order chi connectivity index (χ0) is 13.8. The number of carboxylic acids is 1. The van der Waals surface area contributed by atoms with Gasteiger partial charge in [0, 0.05) is 19.3 Å². The third-order valence-electron chi connectivity index (χ3n) is 3.10. The zero-order valence-electron chi connectivity index (χ0n) is 10.7. The van der Waals surface area contributed by atoms with Gasteiger partial charge in [0.15, 0.2) is 11.4 Å². The number of hydrogen-bond donors (Lipinski definition) is 1. The van der Waals surface area contributed by atoms with Crippen molar-refractivity contribution in [3.63, 3.8) is 0 Å². The van der Waals surface area contributed by atoms with Crippen molar-refractivity contribution < 1.29 is 19.4 Å². The van der Waals surface area contributed by atoms with Gasteiger partial charge in [0.25, 0.3) is 5.91 Å². The fraction of sp³-hybridized carbons (Fsp3) is 0.462. The number of likely N-dealkylation sites (tertiary alicyclic amines) is 1. The molecule has 1 amide bonds. The number of carboxylic acid groups (broad SMARTS) is 1. The van der Waals surface area contributed by atoms with E-state index < -0.39 is 11.9 Å². The molecule has 2 heterocycles. The lowest BCUT2D eigenvalue weighted by molar-refractivity contribution is -0.141. The van der Waals surface area contributed by atoms with E-state index in [1.54, 1.807) is 12.1 Å². The molecule has 1 saturated heterocycles. The second-order valence-electron chi connectivity index (χ2n) is 4.36. The van der Waals surface area contributed by atoms with Gasteiger partial charge >= 0.3 is 5.97 Å². The van der Waals surface area contributed by atoms with Crippen molar-refractivity contribution in [1.82, 2.24) is 9.88 Å². The van der Waals surface area contributed by atoms with Gasteiger partial charge in [0.2, 0.25) is 0 Å². The van der Waals surface area contributed by atoms with Gasteiger partial charge in [-0.3, -0.25) is 9.59 Å². The number of ether oxygens (including phenoxy) is 1. The number of hydrogen-bond acceptors (Lipinski definition) is 4. The molecule has 6 nitrogen and oxygen atoms in total. The first-order valence-electron chi connectivity index (χ1n) is 6.23. The minimum absolute atomic E-state index is 0.232. The van der Waals surface area contributed by atoms with Crippen LogP contribution in [-0.2, 0) is 4.79 Å². The maximum atomic E-state index is 12.3. The molecule has 1 aliphatic heterocycles. The Balaban J connectivity index is 2.14. The largest absolute Gasteiger partial charge is 0.491 e. The summed E-state index contributed by atoms with van der Waals surface area (Å²) in [6, 6.07) is 3.39. The summed E-state index contributed by atoms with van der Waals surface area (Å²) in [5.74, 6) is -1.17. The lowest BCUT2D eigenvalue weighted by atomic mass is 10.1. The Hall–Kier alpha value is -2.11. The van der Waals surface area contributed by atoms with Gasteiger partial charge in [-0.15, -0.1) is 0 Å². The molecule has 0 saturated carbocycles. The molecule has 1 fully saturated rings. The highest BCUT2D eigenvalue weighted by atomic mass is 16.5. The first-order chi connectivity index (χ1) is 9.13. The first kappa shape index (κ1) is 13.3. The number of carbonyl (C=O) groups is 2. The summed E-state index contributed by atoms with van der Waals surface area (Å²) in [5, 5.41) is 8.94. The van der Waals surface area contributed by atoms with E-state index >= 15 is 0 Å². The van der Waals surface area contributed by atoms with Crippen LogP contribution in [0.1, 0.15) is 23.8 Å². The molecule has 1 aromatic rings. The summed E-state index contributed by atoms with van der Waals surface area (Å²) < 4.78 is 5.37. The highest BCUT2D eigenvalue weighted by Gasteiger charge is 2.32. The molecule has 102 valence electrons. The summed E-state index contributed by atoms with van der Waals surface area (Å²) in [6.45, 7) is 2.95. The predicted molar refractivity (Wildman–Crippen MR) is 67.1 cm³/mol. The van der Waals surface area contributed by atoms with Crippen molar-refractivity contribution in [3.05, 3.63) is 24.0 Å². The summed E-state index contributed by atoms with van der Waals surface area (Å²) in [4.78, 5) is 28.8. The van der Waals surface area contributed by atoms with Crippen LogP contribution in [0.25, 0.3) is 0 Å². The smallest absolute Gasteiger partial charge is 0.308 e. The first-order valence-corrected chi connectivity index (χ1v) is 6.23. The van der Waals surface area contributed by atoms with Crippen LogP contribution >= 0.6 is 0 Å². The molecule has 0 radical (unpaired) electrons. The number of pyridine rings is 1. The van der Waals surface area contributed by atoms with Crippen LogP contribution in [0.4, 0.5) is 0 Å². The molecular weight excluding hydrogens is 248 g/mol. The van der Waals surface area contributed by atoms with Crippen LogP contribution in [0.5, 0.6) is 5.75 Å². The third-order valence-corrected chi connectivity index (χ3v) is 3.10. The van der Waals surface area contributed by atoms with Crippen LogP contribution < -0.4 is 4.74 Å². The SMILES string of the molecule is CCOc1cccnc1C(=O)N1CC[C@@H](C(=O)O)C1. The molecule has 2 rings (SSSR count). The normalized spacial score (nSPS) is 18.4. The molecule has 1 N–H and O–H groups in total. The monoisotopic (exact) mass is 264 g/mol. The summed E-state index contributed by atoms with van der Waals surface area (Å²) >= 11 is 0. The van der Waals surface area contributed by atoms with Crippen molar-refractivity contribution in [3.8, 4) is 5.75 Å². The second kappa shape index (κ2) is 5.69. The standard InChI is InChI=1S/C13H16N2O4/c1-2-19-10-4-3-6-14-11(10)12(16)15-7-5-9(8-15)13(17)18/h3-4,6,9H,2,5,7-8H2,1H3,(H,17,18)/t9-/m1/s1. The van der Waals surface area contributed by atoms with E-state index in [4.69, 9.17) is 9.84 Å². The number of amides is 1. The number of carbonyl (C=O) groups excluding carboxylic acids is 1. The van der Waals surface area contributed by atoms with Gasteiger partial charge in [-0.05, 0) is 25.5 Å². The highest BCUT2D eigenvalue weighted by Crippen LogP contribution is 2.22. The topological polar surface area (TPSA) is 79.7 Å². The third kappa shape index (κ3) is 2.83. The number of aromatic nitrogens is 1. The molecule has 0 unspecified atom stereocenters. The predicted octanol–water partition coefficient (Wildman–Crippen LogP) is 1.03. The Kier molecular flexibility index (Phi) is 3.99. The maximum Gasteiger partial charge on any atom is 0.308 e. The fourth-order valence-electron chi connectivity index (χ4n) is 2.12. The van der Waals surface area contributed by atoms with Gasteiger partial charge in [0.1, 0.15) is 0 Å². The van der Waals surface area contributed by atoms with E-state index in [2.05, 4.69) is 4.98 Å². The lowest BCUT2D eigenvalue weighted by Crippen LogP contribution is -2.31. The van der Waals surface area contributed by atoms with Gasteiger partial charge in [-0.25, -0.2) is 4.98 Å². The van der Waals surface area contributed by atoms with E-state index in [9.17, 15) is 9.59 Å². The molecule has 6 heteroatoms. The van der Waals surface area contributed by atoms with Crippen molar-refractivity contribution in [1.29, 1.82) is 0 Å². The molecule has 0 aliphatic carbocycles. The minimum Gasteiger partial charge on any atom is -0.491 e. The summed E-state index contributed by atoms with van der Waals surface area (Å²) in [5.41, 5.74) is 0.246. The number of aliphatic carboxylic acids is 1. The molecule has 1 aromatic heterocycles. The number of nitrogens with zero attached hydrogens (tertiary/aromatic N) is 2. The summed E-state index contributed by atoms with van der Waals surface area (Å²) in [6.07, 6.45) is 2.01. The Morgan fingerprint density at radius 3 is 3.00 bits per heavy atom. The van der Waals surface area contributed by atoms with Crippen LogP contribution in [0.3, 0.4) is 0 Å². The van der Waals surface area contributed by atoms with E-state index in [0.717, 1.165) is 0 Å². The average molecular weight is 264 g/mol. The van der Waals surface area contributed by atoms with E-state index in [1.165, 1.54) is 11.1 Å². The van der Waals surface area contributed by atoms with Crippen LogP contribution in [0, 0.1) is 5.92 Å². The van der Waals surface area contributed by atoms with Crippen LogP contribution in [0.2, 0.25) is 0 Å². The highest BCUT2D eigenvalue weighted by molar-refractivity contribution is 5.95. The molecule has 0 aromatic carbocycles. The molecule has 0 spiro atoms. The molecule has 1 aliphatic rings. The Morgan fingerprint density at radius 1 is 1.58 bits per heavy atom. The minimum atomic E-state index is -0.860. The molecule has 1 atom stereocenters. The molecule has 19 heavy (non-hydrogen) atoms.